The summed E-state index contributed by atoms with van der Waals surface area (Å²) < 4.78 is 26.2. The fraction of sp³-hybridized carbons (Fsp3) is 0.375. The molecule has 10 nitrogen and oxygen atoms in total. The molecule has 4 N–H and O–H groups in total. The van der Waals surface area contributed by atoms with Crippen LogP contribution in [0.4, 0.5) is 15.9 Å². The lowest BCUT2D eigenvalue weighted by molar-refractivity contribution is -0.125. The topological polar surface area (TPSA) is 129 Å². The molecule has 1 aliphatic heterocycles. The number of methoxy groups -OCH3 is 1. The Morgan fingerprint density at radius 1 is 1.33 bits per heavy atom. The maximum Gasteiger partial charge on any atom is 0.237 e. The van der Waals surface area contributed by atoms with Crippen LogP contribution >= 0.6 is 11.6 Å². The number of rotatable bonds is 9. The third-order valence-electron chi connectivity index (χ3n) is 5.95. The van der Waals surface area contributed by atoms with Gasteiger partial charge in [-0.1, -0.05) is 17.7 Å². The minimum Gasteiger partial charge on any atom is -0.493 e. The molecule has 1 fully saturated rings. The zero-order chi connectivity index (χ0) is 25.8. The van der Waals surface area contributed by atoms with E-state index >= 15 is 0 Å². The standard InChI is InChI=1S/C24H27ClFN5O5/c1-31-10-14(6-19(31)24(34)27-9-13(33)11-32)36-21-7-15-18(8-20(21)35-2)28-12-29-23(15)30-17-5-3-4-16(25)22(17)26/h3-5,7-8,12-14,19,32-33H,6,9-11H2,1-2H3,(H,27,34)(H,28,29,30)/t13-,14-,19+/m0/s1. The molecule has 3 aromatic rings. The molecule has 0 spiro atoms. The van der Waals surface area contributed by atoms with E-state index in [0.717, 1.165) is 0 Å². The second-order valence-electron chi connectivity index (χ2n) is 8.48. The molecular formula is C24H27ClFN5O5. The van der Waals surface area contributed by atoms with Gasteiger partial charge in [-0.3, -0.25) is 9.69 Å². The first-order chi connectivity index (χ1) is 17.3. The SMILES string of the molecule is COc1cc2ncnc(Nc3cccc(Cl)c3F)c2cc1O[C@H]1C[C@H](C(=O)NC[C@H](O)CO)N(C)C1. The van der Waals surface area contributed by atoms with E-state index in [1.165, 1.54) is 19.5 Å². The van der Waals surface area contributed by atoms with Crippen LogP contribution in [0.15, 0.2) is 36.7 Å². The number of nitrogens with zero attached hydrogens (tertiary/aromatic N) is 3. The number of benzene rings is 2. The molecule has 0 bridgehead atoms. The van der Waals surface area contributed by atoms with Gasteiger partial charge >= 0.3 is 0 Å². The number of likely N-dealkylation sites (N-methyl/N-ethyl adjacent to an activating group) is 1. The van der Waals surface area contributed by atoms with Gasteiger partial charge in [-0.2, -0.15) is 0 Å². The van der Waals surface area contributed by atoms with Crippen LogP contribution < -0.4 is 20.1 Å². The number of nitrogens with one attached hydrogen (secondary N) is 2. The molecule has 0 saturated carbocycles. The predicted octanol–water partition coefficient (Wildman–Crippen LogP) is 2.10. The van der Waals surface area contributed by atoms with E-state index in [9.17, 15) is 14.3 Å². The minimum atomic E-state index is -1.01. The van der Waals surface area contributed by atoms with E-state index in [1.54, 1.807) is 24.3 Å². The molecule has 2 aromatic carbocycles. The molecule has 3 atom stereocenters. The number of carbonyl (C=O) groups is 1. The summed E-state index contributed by atoms with van der Waals surface area (Å²) in [6, 6.07) is 7.59. The average molecular weight is 520 g/mol. The number of carbonyl (C=O) groups excluding carboxylic acids is 1. The normalized spacial score (nSPS) is 18.7. The lowest BCUT2D eigenvalue weighted by Gasteiger charge is -2.18. The molecule has 1 amide bonds. The zero-order valence-electron chi connectivity index (χ0n) is 19.7. The van der Waals surface area contributed by atoms with E-state index in [4.69, 9.17) is 26.2 Å². The Labute approximate surface area is 212 Å². The van der Waals surface area contributed by atoms with Gasteiger partial charge in [0.05, 0.1) is 42.1 Å². The maximum atomic E-state index is 14.5. The highest BCUT2D eigenvalue weighted by molar-refractivity contribution is 6.31. The van der Waals surface area contributed by atoms with Crippen LogP contribution in [0.25, 0.3) is 10.9 Å². The number of likely N-dealkylation sites (tertiary alicyclic amines) is 1. The number of hydrogen-bond donors (Lipinski definition) is 4. The summed E-state index contributed by atoms with van der Waals surface area (Å²) in [5, 5.41) is 24.6. The summed E-state index contributed by atoms with van der Waals surface area (Å²) in [5.74, 6) is 0.370. The minimum absolute atomic E-state index is 0.0149. The second-order valence-corrected chi connectivity index (χ2v) is 8.89. The molecule has 192 valence electrons. The van der Waals surface area contributed by atoms with E-state index < -0.39 is 24.6 Å². The summed E-state index contributed by atoms with van der Waals surface area (Å²) in [7, 11) is 3.32. The van der Waals surface area contributed by atoms with Gasteiger partial charge in [0.25, 0.3) is 0 Å². The van der Waals surface area contributed by atoms with Gasteiger partial charge in [0.2, 0.25) is 5.91 Å². The number of ether oxygens (including phenoxy) is 2. The number of hydrogen-bond acceptors (Lipinski definition) is 9. The van der Waals surface area contributed by atoms with Gasteiger partial charge in [-0.25, -0.2) is 14.4 Å². The predicted molar refractivity (Wildman–Crippen MR) is 132 cm³/mol. The largest absolute Gasteiger partial charge is 0.493 e. The third-order valence-corrected chi connectivity index (χ3v) is 6.25. The number of aromatic nitrogens is 2. The second kappa shape index (κ2) is 11.2. The van der Waals surface area contributed by atoms with Crippen molar-refractivity contribution in [3.63, 3.8) is 0 Å². The molecule has 36 heavy (non-hydrogen) atoms. The van der Waals surface area contributed by atoms with Crippen LogP contribution in [0, 0.1) is 5.82 Å². The fourth-order valence-electron chi connectivity index (χ4n) is 4.07. The highest BCUT2D eigenvalue weighted by atomic mass is 35.5. The van der Waals surface area contributed by atoms with Crippen LogP contribution in [0.2, 0.25) is 5.02 Å². The van der Waals surface area contributed by atoms with E-state index in [1.807, 2.05) is 11.9 Å². The number of halogens is 2. The van der Waals surface area contributed by atoms with Crippen molar-refractivity contribution < 1.29 is 28.9 Å². The van der Waals surface area contributed by atoms with Crippen molar-refractivity contribution in [1.82, 2.24) is 20.2 Å². The van der Waals surface area contributed by atoms with Crippen LogP contribution in [-0.4, -0.2) is 83.1 Å². The fourth-order valence-corrected chi connectivity index (χ4v) is 4.24. The van der Waals surface area contributed by atoms with Gasteiger partial charge in [-0.15, -0.1) is 0 Å². The Hall–Kier alpha value is -3.25. The van der Waals surface area contributed by atoms with Gasteiger partial charge in [0.15, 0.2) is 17.3 Å². The lowest BCUT2D eigenvalue weighted by atomic mass is 10.1. The van der Waals surface area contributed by atoms with Crippen molar-refractivity contribution in [3.05, 3.63) is 47.5 Å². The maximum absolute atomic E-state index is 14.5. The molecule has 1 aliphatic rings. The van der Waals surface area contributed by atoms with Crippen molar-refractivity contribution in [3.8, 4) is 11.5 Å². The van der Waals surface area contributed by atoms with E-state index in [-0.39, 0.29) is 29.3 Å². The monoisotopic (exact) mass is 519 g/mol. The smallest absolute Gasteiger partial charge is 0.237 e. The third kappa shape index (κ3) is 5.59. The van der Waals surface area contributed by atoms with Crippen molar-refractivity contribution in [2.75, 3.05) is 39.2 Å². The Morgan fingerprint density at radius 2 is 2.14 bits per heavy atom. The summed E-state index contributed by atoms with van der Waals surface area (Å²) in [4.78, 5) is 23.0. The molecule has 0 unspecified atom stereocenters. The van der Waals surface area contributed by atoms with Gasteiger partial charge in [0, 0.05) is 31.0 Å². The molecule has 1 aromatic heterocycles. The number of aliphatic hydroxyl groups excluding tert-OH is 2. The average Bonchev–Trinajstić information content (AvgIpc) is 3.24. The molecule has 0 radical (unpaired) electrons. The number of aliphatic hydroxyl groups is 2. The Morgan fingerprint density at radius 3 is 2.89 bits per heavy atom. The number of amides is 1. The lowest BCUT2D eigenvalue weighted by Crippen LogP contribution is -2.44. The summed E-state index contributed by atoms with van der Waals surface area (Å²) in [5.41, 5.74) is 0.723. The van der Waals surface area contributed by atoms with Crippen LogP contribution in [0.3, 0.4) is 0 Å². The Balaban J connectivity index is 1.56. The van der Waals surface area contributed by atoms with Crippen molar-refractivity contribution in [1.29, 1.82) is 0 Å². The first-order valence-electron chi connectivity index (χ1n) is 11.3. The highest BCUT2D eigenvalue weighted by Crippen LogP contribution is 2.37. The van der Waals surface area contributed by atoms with Crippen molar-refractivity contribution in [2.24, 2.45) is 0 Å². The first kappa shape index (κ1) is 25.8. The van der Waals surface area contributed by atoms with Crippen LogP contribution in [-0.2, 0) is 4.79 Å². The molecule has 1 saturated heterocycles. The van der Waals surface area contributed by atoms with E-state index in [2.05, 4.69) is 20.6 Å². The summed E-state index contributed by atoms with van der Waals surface area (Å²) >= 11 is 5.91. The van der Waals surface area contributed by atoms with Gasteiger partial charge in [-0.05, 0) is 25.2 Å². The quantitative estimate of drug-likeness (QED) is 0.336. The molecule has 4 rings (SSSR count). The molecule has 12 heteroatoms. The number of fused-ring (bicyclic) bond motifs is 1. The van der Waals surface area contributed by atoms with Crippen molar-refractivity contribution in [2.45, 2.75) is 24.7 Å². The zero-order valence-corrected chi connectivity index (χ0v) is 20.5. The van der Waals surface area contributed by atoms with Gasteiger partial charge in [0.1, 0.15) is 18.2 Å². The summed E-state index contributed by atoms with van der Waals surface area (Å²) in [6.45, 7) is 0.0113. The van der Waals surface area contributed by atoms with Crippen molar-refractivity contribution >= 4 is 39.9 Å². The Bertz CT molecular complexity index is 1250. The van der Waals surface area contributed by atoms with Crippen LogP contribution in [0.1, 0.15) is 6.42 Å². The van der Waals surface area contributed by atoms with E-state index in [0.29, 0.717) is 41.2 Å². The highest BCUT2D eigenvalue weighted by Gasteiger charge is 2.36. The Kier molecular flexibility index (Phi) is 8.04. The van der Waals surface area contributed by atoms with Gasteiger partial charge < -0.3 is 30.3 Å². The summed E-state index contributed by atoms with van der Waals surface area (Å²) in [6.07, 6.45) is 0.421. The molecular weight excluding hydrogens is 493 g/mol. The van der Waals surface area contributed by atoms with Crippen LogP contribution in [0.5, 0.6) is 11.5 Å². The molecule has 0 aliphatic carbocycles. The number of anilines is 2. The first-order valence-corrected chi connectivity index (χ1v) is 11.7. The molecule has 2 heterocycles.